The first-order valence-electron chi connectivity index (χ1n) is 11.5. The summed E-state index contributed by atoms with van der Waals surface area (Å²) >= 11 is 0. The van der Waals surface area contributed by atoms with E-state index in [1.165, 1.54) is 18.2 Å². The van der Waals surface area contributed by atoms with E-state index in [-0.39, 0.29) is 18.2 Å². The lowest BCUT2D eigenvalue weighted by molar-refractivity contribution is 0.0334. The van der Waals surface area contributed by atoms with Crippen molar-refractivity contribution in [2.45, 2.75) is 32.9 Å². The third-order valence-electron chi connectivity index (χ3n) is 6.28. The van der Waals surface area contributed by atoms with Gasteiger partial charge in [0.25, 0.3) is 5.91 Å². The molecular weight excluding hydrogens is 466 g/mol. The predicted octanol–water partition coefficient (Wildman–Crippen LogP) is 5.53. The summed E-state index contributed by atoms with van der Waals surface area (Å²) in [5.74, 6) is -2.68. The fourth-order valence-electron chi connectivity index (χ4n) is 4.11. The lowest BCUT2D eigenvalue weighted by Crippen LogP contribution is -2.25. The van der Waals surface area contributed by atoms with Crippen molar-refractivity contribution in [1.82, 2.24) is 15.4 Å². The molecule has 7 nitrogen and oxygen atoms in total. The number of halogens is 2. The monoisotopic (exact) mass is 488 g/mol. The normalized spacial score (nSPS) is 13.6. The number of nitrogens with zero attached hydrogens (tertiary/aromatic N) is 3. The van der Waals surface area contributed by atoms with Crippen LogP contribution in [0.5, 0.6) is 0 Å². The van der Waals surface area contributed by atoms with E-state index < -0.39 is 29.2 Å². The van der Waals surface area contributed by atoms with Crippen LogP contribution in [0.4, 0.5) is 14.5 Å². The second-order valence-electron chi connectivity index (χ2n) is 8.58. The van der Waals surface area contributed by atoms with Crippen LogP contribution < -0.4 is 4.90 Å². The standard InChI is InChI=1S/C27H22F2N4O3/c1-3-15(2)36-27(35)17-6-4-16(5-7-17)20-10-11-22(28)25(24(20)29)33-14-19-9-8-18(12-21(19)26(33)34)23-13-30-32-31-23/h4-13,15H,3,14H2,1-2H3,(H,30,31,32). The van der Waals surface area contributed by atoms with Gasteiger partial charge in [-0.3, -0.25) is 14.8 Å². The number of ether oxygens (including phenoxy) is 1. The van der Waals surface area contributed by atoms with E-state index in [2.05, 4.69) is 15.4 Å². The van der Waals surface area contributed by atoms with E-state index in [9.17, 15) is 14.0 Å². The van der Waals surface area contributed by atoms with Crippen LogP contribution in [0.3, 0.4) is 0 Å². The highest BCUT2D eigenvalue weighted by Gasteiger charge is 2.33. The zero-order valence-corrected chi connectivity index (χ0v) is 19.6. The Balaban J connectivity index is 1.45. The van der Waals surface area contributed by atoms with E-state index >= 15 is 4.39 Å². The Morgan fingerprint density at radius 3 is 2.53 bits per heavy atom. The SMILES string of the molecule is CCC(C)OC(=O)c1ccc(-c2ccc(F)c(N3Cc4ccc(-c5c[nH]nn5)cc4C3=O)c2F)cc1. The number of hydrogen-bond acceptors (Lipinski definition) is 5. The van der Waals surface area contributed by atoms with Crippen LogP contribution in [0.2, 0.25) is 0 Å². The van der Waals surface area contributed by atoms with Gasteiger partial charge in [0, 0.05) is 22.9 Å². The fourth-order valence-corrected chi connectivity index (χ4v) is 4.11. The van der Waals surface area contributed by atoms with E-state index in [0.717, 1.165) is 11.0 Å². The fraction of sp³-hybridized carbons (Fsp3) is 0.185. The van der Waals surface area contributed by atoms with E-state index in [4.69, 9.17) is 4.74 Å². The molecule has 4 aromatic rings. The Bertz CT molecular complexity index is 1450. The number of hydrogen-bond donors (Lipinski definition) is 1. The number of rotatable bonds is 6. The Morgan fingerprint density at radius 1 is 1.08 bits per heavy atom. The average Bonchev–Trinajstić information content (AvgIpc) is 3.53. The minimum atomic E-state index is -0.859. The molecule has 1 aliphatic heterocycles. The third-order valence-corrected chi connectivity index (χ3v) is 6.28. The molecule has 1 amide bonds. The van der Waals surface area contributed by atoms with Crippen LogP contribution in [-0.2, 0) is 11.3 Å². The van der Waals surface area contributed by atoms with Crippen molar-refractivity contribution < 1.29 is 23.1 Å². The van der Waals surface area contributed by atoms with Crippen molar-refractivity contribution in [1.29, 1.82) is 0 Å². The Hall–Kier alpha value is -4.40. The number of aromatic amines is 1. The Labute approximate surface area is 205 Å². The molecule has 2 heterocycles. The molecule has 0 bridgehead atoms. The van der Waals surface area contributed by atoms with E-state index in [0.29, 0.717) is 39.9 Å². The quantitative estimate of drug-likeness (QED) is 0.361. The number of aromatic nitrogens is 3. The molecule has 9 heteroatoms. The molecule has 0 saturated carbocycles. The number of benzene rings is 3. The summed E-state index contributed by atoms with van der Waals surface area (Å²) in [6.45, 7) is 3.74. The topological polar surface area (TPSA) is 88.2 Å². The maximum absolute atomic E-state index is 15.7. The summed E-state index contributed by atoms with van der Waals surface area (Å²) in [4.78, 5) is 26.5. The maximum Gasteiger partial charge on any atom is 0.338 e. The highest BCUT2D eigenvalue weighted by atomic mass is 19.1. The molecule has 1 aliphatic rings. The van der Waals surface area contributed by atoms with Gasteiger partial charge >= 0.3 is 5.97 Å². The molecule has 5 rings (SSSR count). The van der Waals surface area contributed by atoms with Crippen molar-refractivity contribution >= 4 is 17.6 Å². The summed E-state index contributed by atoms with van der Waals surface area (Å²) in [5.41, 5.74) is 2.68. The van der Waals surface area contributed by atoms with Crippen molar-refractivity contribution in [2.24, 2.45) is 0 Å². The second-order valence-corrected chi connectivity index (χ2v) is 8.58. The molecular formula is C27H22F2N4O3. The number of H-pyrrole nitrogens is 1. The Morgan fingerprint density at radius 2 is 1.83 bits per heavy atom. The van der Waals surface area contributed by atoms with Crippen LogP contribution in [0.25, 0.3) is 22.4 Å². The van der Waals surface area contributed by atoms with Crippen molar-refractivity contribution in [3.63, 3.8) is 0 Å². The minimum Gasteiger partial charge on any atom is -0.459 e. The summed E-state index contributed by atoms with van der Waals surface area (Å²) in [6.07, 6.45) is 2.06. The number of esters is 1. The number of amides is 1. The summed E-state index contributed by atoms with van der Waals surface area (Å²) in [7, 11) is 0. The zero-order chi connectivity index (χ0) is 25.4. The largest absolute Gasteiger partial charge is 0.459 e. The first-order valence-corrected chi connectivity index (χ1v) is 11.5. The van der Waals surface area contributed by atoms with Gasteiger partial charge in [0.05, 0.1) is 18.2 Å². The van der Waals surface area contributed by atoms with Gasteiger partial charge in [0.1, 0.15) is 17.2 Å². The van der Waals surface area contributed by atoms with Crippen molar-refractivity contribution in [3.05, 3.63) is 89.1 Å². The first-order chi connectivity index (χ1) is 17.4. The summed E-state index contributed by atoms with van der Waals surface area (Å²) < 4.78 is 35.9. The summed E-state index contributed by atoms with van der Waals surface area (Å²) in [6, 6.07) is 13.8. The molecule has 0 radical (unpaired) electrons. The average molecular weight is 488 g/mol. The van der Waals surface area contributed by atoms with Crippen LogP contribution >= 0.6 is 0 Å². The number of fused-ring (bicyclic) bond motifs is 1. The lowest BCUT2D eigenvalue weighted by atomic mass is 10.0. The molecule has 0 saturated heterocycles. The van der Waals surface area contributed by atoms with E-state index in [1.54, 1.807) is 43.5 Å². The lowest BCUT2D eigenvalue weighted by Gasteiger charge is -2.19. The molecule has 1 N–H and O–H groups in total. The maximum atomic E-state index is 15.7. The molecule has 3 aromatic carbocycles. The smallest absolute Gasteiger partial charge is 0.338 e. The van der Waals surface area contributed by atoms with Gasteiger partial charge in [0.15, 0.2) is 5.82 Å². The zero-order valence-electron chi connectivity index (χ0n) is 19.6. The molecule has 0 fully saturated rings. The van der Waals surface area contributed by atoms with Gasteiger partial charge in [-0.2, -0.15) is 0 Å². The van der Waals surface area contributed by atoms with Crippen LogP contribution in [-0.4, -0.2) is 33.4 Å². The number of anilines is 1. The predicted molar refractivity (Wildman–Crippen MR) is 129 cm³/mol. The molecule has 1 unspecified atom stereocenters. The highest BCUT2D eigenvalue weighted by molar-refractivity contribution is 6.11. The van der Waals surface area contributed by atoms with Crippen LogP contribution in [0, 0.1) is 11.6 Å². The molecule has 1 atom stereocenters. The van der Waals surface area contributed by atoms with Crippen molar-refractivity contribution in [3.8, 4) is 22.4 Å². The van der Waals surface area contributed by atoms with Gasteiger partial charge in [0.2, 0.25) is 0 Å². The second kappa shape index (κ2) is 9.33. The van der Waals surface area contributed by atoms with Gasteiger partial charge in [-0.15, -0.1) is 5.10 Å². The minimum absolute atomic E-state index is 0.0327. The summed E-state index contributed by atoms with van der Waals surface area (Å²) in [5, 5.41) is 10.2. The Kier molecular flexibility index (Phi) is 6.05. The van der Waals surface area contributed by atoms with Gasteiger partial charge in [-0.25, -0.2) is 13.6 Å². The third kappa shape index (κ3) is 4.13. The molecule has 182 valence electrons. The van der Waals surface area contributed by atoms with Crippen LogP contribution in [0.1, 0.15) is 46.5 Å². The number of carbonyl (C=O) groups is 2. The molecule has 36 heavy (non-hydrogen) atoms. The number of nitrogens with one attached hydrogen (secondary N) is 1. The van der Waals surface area contributed by atoms with Gasteiger partial charge in [-0.05, 0) is 54.8 Å². The van der Waals surface area contributed by atoms with E-state index in [1.807, 2.05) is 6.92 Å². The van der Waals surface area contributed by atoms with Gasteiger partial charge in [-0.1, -0.05) is 36.4 Å². The molecule has 0 aliphatic carbocycles. The van der Waals surface area contributed by atoms with Gasteiger partial charge < -0.3 is 4.74 Å². The molecule has 1 aromatic heterocycles. The molecule has 0 spiro atoms. The van der Waals surface area contributed by atoms with Crippen molar-refractivity contribution in [2.75, 3.05) is 4.90 Å². The highest BCUT2D eigenvalue weighted by Crippen LogP contribution is 2.37. The first kappa shape index (κ1) is 23.3. The van der Waals surface area contributed by atoms with Crippen LogP contribution in [0.15, 0.2) is 60.8 Å². The number of carbonyl (C=O) groups excluding carboxylic acids is 2.